The molecule has 0 fully saturated rings. The molecular weight excluding hydrogens is 298 g/mol. The van der Waals surface area contributed by atoms with Gasteiger partial charge in [0.25, 0.3) is 0 Å². The summed E-state index contributed by atoms with van der Waals surface area (Å²) >= 11 is 0. The summed E-state index contributed by atoms with van der Waals surface area (Å²) in [7, 11) is 0. The van der Waals surface area contributed by atoms with Crippen LogP contribution in [0.4, 0.5) is 0 Å². The van der Waals surface area contributed by atoms with E-state index in [-0.39, 0.29) is 46.5 Å². The first kappa shape index (κ1) is 22.5. The fourth-order valence-electron chi connectivity index (χ4n) is 0. The van der Waals surface area contributed by atoms with Crippen LogP contribution < -0.4 is 0 Å². The first-order valence-electron chi connectivity index (χ1n) is 2.31. The SMILES string of the molecule is C.C.[CH2-]C(=O)C(C)(C)C.[Re]. The molecular formula is C8H19ORe-. The van der Waals surface area contributed by atoms with Gasteiger partial charge in [-0.1, -0.05) is 35.6 Å². The summed E-state index contributed by atoms with van der Waals surface area (Å²) in [5, 5.41) is 0. The smallest absolute Gasteiger partial charge is 0.00153 e. The number of ketones is 1. The number of rotatable bonds is 0. The number of carbonyl (C=O) groups is 1. The van der Waals surface area contributed by atoms with Gasteiger partial charge in [-0.25, -0.2) is 0 Å². The standard InChI is InChI=1S/C6H11O.2CH4.Re/c1-5(7)6(2,3)4;;;/h1H2,2-4H3;2*1H4;/q-1;;;. The Bertz CT molecular complexity index is 81.7. The van der Waals surface area contributed by atoms with Crippen LogP contribution in [0.2, 0.25) is 0 Å². The molecule has 0 atom stereocenters. The Morgan fingerprint density at radius 3 is 1.30 bits per heavy atom. The first-order chi connectivity index (χ1) is 2.94. The van der Waals surface area contributed by atoms with Crippen molar-refractivity contribution in [1.29, 1.82) is 0 Å². The predicted molar refractivity (Wildman–Crippen MR) is 43.3 cm³/mol. The monoisotopic (exact) mass is 318 g/mol. The van der Waals surface area contributed by atoms with E-state index in [1.165, 1.54) is 0 Å². The molecule has 1 nitrogen and oxygen atoms in total. The molecule has 0 aromatic rings. The van der Waals surface area contributed by atoms with Gasteiger partial charge in [0.15, 0.2) is 0 Å². The summed E-state index contributed by atoms with van der Waals surface area (Å²) < 4.78 is 0. The van der Waals surface area contributed by atoms with Gasteiger partial charge in [-0.15, -0.1) is 0 Å². The topological polar surface area (TPSA) is 17.1 Å². The van der Waals surface area contributed by atoms with Gasteiger partial charge in [-0.05, 0) is 5.41 Å². The van der Waals surface area contributed by atoms with E-state index in [1.807, 2.05) is 20.8 Å². The molecule has 1 radical (unpaired) electrons. The molecule has 0 aliphatic heterocycles. The third-order valence-electron chi connectivity index (χ3n) is 0.837. The van der Waals surface area contributed by atoms with Gasteiger partial charge in [-0.3, -0.25) is 0 Å². The van der Waals surface area contributed by atoms with E-state index >= 15 is 0 Å². The number of hydrogen-bond acceptors (Lipinski definition) is 1. The van der Waals surface area contributed by atoms with Crippen molar-refractivity contribution in [3.05, 3.63) is 6.92 Å². The second kappa shape index (κ2) is 7.31. The molecule has 0 amide bonds. The van der Waals surface area contributed by atoms with E-state index in [9.17, 15) is 4.79 Å². The van der Waals surface area contributed by atoms with Gasteiger partial charge >= 0.3 is 0 Å². The summed E-state index contributed by atoms with van der Waals surface area (Å²) in [5.41, 5.74) is -0.250. The van der Waals surface area contributed by atoms with Gasteiger partial charge in [0.05, 0.1) is 0 Å². The van der Waals surface area contributed by atoms with E-state index in [1.54, 1.807) is 0 Å². The molecule has 0 unspecified atom stereocenters. The van der Waals surface area contributed by atoms with E-state index in [2.05, 4.69) is 6.92 Å². The molecule has 0 saturated heterocycles. The van der Waals surface area contributed by atoms with Crippen LogP contribution in [-0.2, 0) is 25.2 Å². The maximum atomic E-state index is 10.4. The van der Waals surface area contributed by atoms with Crippen LogP contribution in [0.15, 0.2) is 0 Å². The molecule has 10 heavy (non-hydrogen) atoms. The largest absolute Gasteiger partial charge is 0.339 e. The van der Waals surface area contributed by atoms with Crippen molar-refractivity contribution in [2.24, 2.45) is 5.41 Å². The van der Waals surface area contributed by atoms with Gasteiger partial charge in [-0.2, -0.15) is 0 Å². The molecule has 0 aliphatic carbocycles. The summed E-state index contributed by atoms with van der Waals surface area (Å²) in [5.74, 6) is -0.00694. The van der Waals surface area contributed by atoms with Crippen LogP contribution in [-0.4, -0.2) is 5.78 Å². The third-order valence-corrected chi connectivity index (χ3v) is 0.837. The molecule has 0 rings (SSSR count). The Kier molecular flexibility index (Phi) is 16.4. The Morgan fingerprint density at radius 1 is 1.20 bits per heavy atom. The van der Waals surface area contributed by atoms with Crippen molar-refractivity contribution in [3.8, 4) is 0 Å². The molecule has 0 saturated carbocycles. The molecule has 65 valence electrons. The van der Waals surface area contributed by atoms with Crippen LogP contribution in [0.25, 0.3) is 0 Å². The van der Waals surface area contributed by atoms with Gasteiger partial charge in [0.2, 0.25) is 0 Å². The predicted octanol–water partition coefficient (Wildman–Crippen LogP) is 2.71. The van der Waals surface area contributed by atoms with Crippen molar-refractivity contribution >= 4 is 5.78 Å². The first-order valence-corrected chi connectivity index (χ1v) is 2.31. The van der Waals surface area contributed by atoms with E-state index in [4.69, 9.17) is 0 Å². The van der Waals surface area contributed by atoms with Gasteiger partial charge in [0, 0.05) is 26.2 Å². The summed E-state index contributed by atoms with van der Waals surface area (Å²) in [6.07, 6.45) is 0. The summed E-state index contributed by atoms with van der Waals surface area (Å²) in [6.45, 7) is 8.82. The quantitative estimate of drug-likeness (QED) is 0.628. The Balaban J connectivity index is -0.0000000600. The fraction of sp³-hybridized carbons (Fsp3) is 0.750. The molecule has 0 spiro atoms. The normalized spacial score (nSPS) is 7.90. The average molecular weight is 317 g/mol. The molecule has 0 heterocycles. The maximum Gasteiger partial charge on any atom is 0.00153 e. The molecule has 0 N–H and O–H groups in total. The summed E-state index contributed by atoms with van der Waals surface area (Å²) in [6, 6.07) is 0. The maximum absolute atomic E-state index is 10.4. The minimum atomic E-state index is -0.250. The van der Waals surface area contributed by atoms with Crippen LogP contribution in [0, 0.1) is 12.3 Å². The molecule has 0 bridgehead atoms. The Morgan fingerprint density at radius 2 is 1.30 bits per heavy atom. The van der Waals surface area contributed by atoms with Gasteiger partial charge < -0.3 is 11.7 Å². The van der Waals surface area contributed by atoms with Gasteiger partial charge in [0.1, 0.15) is 0 Å². The van der Waals surface area contributed by atoms with Crippen LogP contribution in [0.1, 0.15) is 35.6 Å². The van der Waals surface area contributed by atoms with E-state index in [0.29, 0.717) is 0 Å². The molecule has 0 aliphatic rings. The van der Waals surface area contributed by atoms with Crippen LogP contribution >= 0.6 is 0 Å². The van der Waals surface area contributed by atoms with Crippen molar-refractivity contribution < 1.29 is 25.2 Å². The van der Waals surface area contributed by atoms with E-state index in [0.717, 1.165) is 0 Å². The van der Waals surface area contributed by atoms with Crippen molar-refractivity contribution in [2.45, 2.75) is 35.6 Å². The Labute approximate surface area is 79.2 Å². The van der Waals surface area contributed by atoms with Crippen molar-refractivity contribution in [3.63, 3.8) is 0 Å². The zero-order valence-corrected chi connectivity index (χ0v) is 8.21. The second-order valence-electron chi connectivity index (χ2n) is 2.67. The third kappa shape index (κ3) is 11.1. The van der Waals surface area contributed by atoms with Crippen LogP contribution in [0.5, 0.6) is 0 Å². The zero-order chi connectivity index (χ0) is 6.08. The minimum Gasteiger partial charge on any atom is -0.339 e. The van der Waals surface area contributed by atoms with Crippen molar-refractivity contribution in [2.75, 3.05) is 0 Å². The molecule has 0 aromatic carbocycles. The van der Waals surface area contributed by atoms with Crippen LogP contribution in [0.3, 0.4) is 0 Å². The number of carbonyl (C=O) groups excluding carboxylic acids is 1. The second-order valence-corrected chi connectivity index (χ2v) is 2.67. The molecule has 2 heteroatoms. The Hall–Kier alpha value is 0.202. The number of hydrogen-bond donors (Lipinski definition) is 0. The fourth-order valence-corrected chi connectivity index (χ4v) is 0. The number of Topliss-reactive ketones (excluding diaryl/α,β-unsaturated/α-hetero) is 1. The summed E-state index contributed by atoms with van der Waals surface area (Å²) in [4.78, 5) is 10.4. The van der Waals surface area contributed by atoms with E-state index < -0.39 is 0 Å². The molecule has 0 aromatic heterocycles. The van der Waals surface area contributed by atoms with Crippen molar-refractivity contribution in [1.82, 2.24) is 0 Å². The average Bonchev–Trinajstić information content (AvgIpc) is 1.31. The minimum absolute atomic E-state index is 0. The zero-order valence-electron chi connectivity index (χ0n) is 5.49.